The smallest absolute Gasteiger partial charge is 1.00 e. The van der Waals surface area contributed by atoms with Crippen molar-refractivity contribution in [1.82, 2.24) is 0 Å². The molecular weight excluding hydrogens is 414 g/mol. The van der Waals surface area contributed by atoms with Crippen molar-refractivity contribution < 1.29 is 68.9 Å². The van der Waals surface area contributed by atoms with Gasteiger partial charge in [-0.3, -0.25) is 0 Å². The Bertz CT molecular complexity index is 545. The van der Waals surface area contributed by atoms with Crippen LogP contribution in [0.3, 0.4) is 0 Å². The van der Waals surface area contributed by atoms with Gasteiger partial charge in [-0.1, -0.05) is 74.5 Å². The molecule has 4 heteroatoms. The van der Waals surface area contributed by atoms with Crippen LogP contribution in [0, 0.1) is 33.5 Å². The average molecular weight is 457 g/mol. The Kier molecular flexibility index (Phi) is 10.5. The molecule has 0 N–H and O–H groups in total. The number of allylic oxidation sites excluding steroid dienone is 2. The number of hydrogen-bond acceptors (Lipinski definition) is 1. The van der Waals surface area contributed by atoms with E-state index in [9.17, 15) is 5.11 Å². The van der Waals surface area contributed by atoms with Crippen LogP contribution in [0.15, 0.2) is 12.2 Å². The summed E-state index contributed by atoms with van der Waals surface area (Å²) >= 11 is 6.33. The van der Waals surface area contributed by atoms with E-state index in [0.29, 0.717) is 27.0 Å². The number of alkyl halides is 1. The van der Waals surface area contributed by atoms with Crippen molar-refractivity contribution in [3.05, 3.63) is 12.2 Å². The fraction of sp³-hybridized carbons (Fsp3) is 0.917. The molecule has 1 nitrogen and oxygen atoms in total. The van der Waals surface area contributed by atoms with E-state index in [1.807, 2.05) is 0 Å². The largest absolute Gasteiger partial charge is 1.00 e. The third-order valence-electron chi connectivity index (χ3n) is 8.76. The second-order valence-corrected chi connectivity index (χ2v) is 12.4. The van der Waals surface area contributed by atoms with Crippen LogP contribution in [0.4, 0.5) is 0 Å². The normalized spacial score (nSPS) is 40.5. The molecule has 0 radical (unpaired) electrons. The molecule has 0 amide bonds. The SMILES string of the molecule is CC(C)(C)[O-].CC1(C)C2CCC1(C)C(Cl)C2.CC12C=CC(CC1)C2(C)C.[Cl-].[K+]. The van der Waals surface area contributed by atoms with Crippen LogP contribution in [0.5, 0.6) is 0 Å². The summed E-state index contributed by atoms with van der Waals surface area (Å²) in [5.74, 6) is 1.77. The van der Waals surface area contributed by atoms with Crippen LogP contribution in [0.2, 0.25) is 0 Å². The monoisotopic (exact) mass is 455 g/mol. The molecule has 3 saturated carbocycles. The molecule has 0 aromatic carbocycles. The van der Waals surface area contributed by atoms with Crippen LogP contribution < -0.4 is 68.9 Å². The van der Waals surface area contributed by atoms with Crippen molar-refractivity contribution in [1.29, 1.82) is 0 Å². The first-order valence-electron chi connectivity index (χ1n) is 10.6. The molecule has 4 aliphatic carbocycles. The van der Waals surface area contributed by atoms with Gasteiger partial charge >= 0.3 is 51.4 Å². The molecule has 160 valence electrons. The molecule has 5 atom stereocenters. The van der Waals surface area contributed by atoms with Crippen molar-refractivity contribution in [2.45, 2.75) is 105 Å². The van der Waals surface area contributed by atoms with Crippen molar-refractivity contribution >= 4 is 11.6 Å². The zero-order valence-electron chi connectivity index (χ0n) is 20.1. The molecule has 0 saturated heterocycles. The van der Waals surface area contributed by atoms with Gasteiger partial charge in [0.2, 0.25) is 0 Å². The Balaban J connectivity index is 0.000000403. The molecule has 4 aliphatic rings. The van der Waals surface area contributed by atoms with Gasteiger partial charge in [0, 0.05) is 5.38 Å². The molecule has 0 heterocycles. The summed E-state index contributed by atoms with van der Waals surface area (Å²) in [7, 11) is 0. The number of rotatable bonds is 0. The molecular formula is C24H42Cl2KO-. The molecule has 5 unspecified atom stereocenters. The van der Waals surface area contributed by atoms with Gasteiger partial charge in [0.25, 0.3) is 0 Å². The van der Waals surface area contributed by atoms with Crippen molar-refractivity contribution in [3.8, 4) is 0 Å². The fourth-order valence-corrected chi connectivity index (χ4v) is 6.24. The summed E-state index contributed by atoms with van der Waals surface area (Å²) in [6, 6.07) is 0. The van der Waals surface area contributed by atoms with Crippen LogP contribution in [0.1, 0.15) is 94.4 Å². The van der Waals surface area contributed by atoms with E-state index in [1.54, 1.807) is 20.8 Å². The van der Waals surface area contributed by atoms with E-state index in [-0.39, 0.29) is 63.8 Å². The van der Waals surface area contributed by atoms with Crippen LogP contribution in [0.25, 0.3) is 0 Å². The van der Waals surface area contributed by atoms with Crippen molar-refractivity contribution in [2.75, 3.05) is 0 Å². The van der Waals surface area contributed by atoms with E-state index < -0.39 is 5.60 Å². The number of hydrogen-bond donors (Lipinski definition) is 0. The predicted molar refractivity (Wildman–Crippen MR) is 112 cm³/mol. The van der Waals surface area contributed by atoms with Crippen LogP contribution in [-0.4, -0.2) is 11.0 Å². The first-order valence-corrected chi connectivity index (χ1v) is 11.0. The number of fused-ring (bicyclic) bond motifs is 4. The topological polar surface area (TPSA) is 23.1 Å². The van der Waals surface area contributed by atoms with E-state index in [4.69, 9.17) is 11.6 Å². The molecule has 4 bridgehead atoms. The Morgan fingerprint density at radius 3 is 1.54 bits per heavy atom. The third-order valence-corrected chi connectivity index (χ3v) is 9.42. The third kappa shape index (κ3) is 5.63. The van der Waals surface area contributed by atoms with Gasteiger partial charge in [0.15, 0.2) is 0 Å². The van der Waals surface area contributed by atoms with E-state index in [1.165, 1.54) is 32.1 Å². The average Bonchev–Trinajstić information content (AvgIpc) is 2.98. The summed E-state index contributed by atoms with van der Waals surface area (Å²) in [4.78, 5) is 0. The minimum absolute atomic E-state index is 0. The first kappa shape index (κ1) is 29.9. The Morgan fingerprint density at radius 1 is 0.929 bits per heavy atom. The predicted octanol–water partition coefficient (Wildman–Crippen LogP) is 0.592. The van der Waals surface area contributed by atoms with E-state index >= 15 is 0 Å². The zero-order chi connectivity index (χ0) is 20.2. The van der Waals surface area contributed by atoms with E-state index in [2.05, 4.69) is 53.7 Å². The summed E-state index contributed by atoms with van der Waals surface area (Å²) < 4.78 is 0. The van der Waals surface area contributed by atoms with Gasteiger partial charge in [0.1, 0.15) is 0 Å². The number of halogens is 2. The molecule has 0 aliphatic heterocycles. The van der Waals surface area contributed by atoms with Gasteiger partial charge in [-0.2, -0.15) is 0 Å². The molecule has 28 heavy (non-hydrogen) atoms. The fourth-order valence-electron chi connectivity index (χ4n) is 5.63. The maximum Gasteiger partial charge on any atom is 1.00 e. The van der Waals surface area contributed by atoms with E-state index in [0.717, 1.165) is 11.8 Å². The van der Waals surface area contributed by atoms with Crippen molar-refractivity contribution in [3.63, 3.8) is 0 Å². The molecule has 3 fully saturated rings. The maximum atomic E-state index is 10.1. The molecule has 4 rings (SSSR count). The second kappa shape index (κ2) is 9.82. The summed E-state index contributed by atoms with van der Waals surface area (Å²) in [6.07, 6.45) is 11.7. The standard InChI is InChI=1S/C10H17Cl.C10H16.C4H9O.ClH.K/c1-9(2)7-4-5-10(9,3)8(11)6-7;1-9(2)8-4-6-10(9,3)7-5-8;1-4(2,3)5;;/h7-8H,4-6H2,1-3H3;4,6,8H,5,7H2,1-3H3;1-3H3;1H;/q;;-1;;+1/p-1. The summed E-state index contributed by atoms with van der Waals surface area (Å²) in [5, 5.41) is 10.5. The Labute approximate surface area is 229 Å². The minimum Gasteiger partial charge on any atom is -1.00 e. The Hall–Kier alpha value is 1.92. The minimum atomic E-state index is -0.750. The summed E-state index contributed by atoms with van der Waals surface area (Å²) in [6.45, 7) is 19.3. The van der Waals surface area contributed by atoms with Gasteiger partial charge in [-0.25, -0.2) is 0 Å². The summed E-state index contributed by atoms with van der Waals surface area (Å²) in [5.41, 5.74) is 1.25. The Morgan fingerprint density at radius 2 is 1.43 bits per heavy atom. The van der Waals surface area contributed by atoms with Crippen LogP contribution >= 0.6 is 11.6 Å². The zero-order valence-corrected chi connectivity index (χ0v) is 24.7. The first-order chi connectivity index (χ1) is 11.5. The van der Waals surface area contributed by atoms with Gasteiger partial charge < -0.3 is 17.5 Å². The second-order valence-electron chi connectivity index (χ2n) is 11.8. The maximum absolute atomic E-state index is 10.1. The molecule has 0 aromatic heterocycles. The quantitative estimate of drug-likeness (QED) is 0.297. The van der Waals surface area contributed by atoms with Gasteiger partial charge in [-0.05, 0) is 65.6 Å². The van der Waals surface area contributed by atoms with Gasteiger partial charge in [-0.15, -0.1) is 17.2 Å². The van der Waals surface area contributed by atoms with Gasteiger partial charge in [0.05, 0.1) is 0 Å². The molecule has 0 aromatic rings. The van der Waals surface area contributed by atoms with Crippen molar-refractivity contribution in [2.24, 2.45) is 33.5 Å². The van der Waals surface area contributed by atoms with Crippen LogP contribution in [-0.2, 0) is 0 Å². The molecule has 0 spiro atoms.